The topological polar surface area (TPSA) is 64.6 Å². The molecule has 0 saturated carbocycles. The molecule has 1 aliphatic rings. The van der Waals surface area contributed by atoms with E-state index in [2.05, 4.69) is 9.97 Å². The lowest BCUT2D eigenvalue weighted by Gasteiger charge is -2.23. The first-order valence-electron chi connectivity index (χ1n) is 7.18. The van der Waals surface area contributed by atoms with Crippen LogP contribution in [-0.2, 0) is 17.8 Å². The van der Waals surface area contributed by atoms with Crippen LogP contribution < -0.4 is 4.74 Å². The molecule has 2 rings (SSSR count). The molecule has 0 bridgehead atoms. The summed E-state index contributed by atoms with van der Waals surface area (Å²) >= 11 is 0. The number of carbonyl (C=O) groups excluding carboxylic acids is 1. The van der Waals surface area contributed by atoms with Crippen LogP contribution in [0, 0.1) is 6.92 Å². The highest BCUT2D eigenvalue weighted by Crippen LogP contribution is 2.29. The summed E-state index contributed by atoms with van der Waals surface area (Å²) in [6.07, 6.45) is -0.342. The van der Waals surface area contributed by atoms with Gasteiger partial charge in [0, 0.05) is 0 Å². The summed E-state index contributed by atoms with van der Waals surface area (Å²) in [5.41, 5.74) is 1.19. The number of fused-ring (bicyclic) bond motifs is 1. The highest BCUT2D eigenvalue weighted by Gasteiger charge is 2.31. The Bertz CT molecular complexity index is 510. The third-order valence-electron chi connectivity index (χ3n) is 2.70. The molecule has 2 heterocycles. The van der Waals surface area contributed by atoms with Gasteiger partial charge >= 0.3 is 6.09 Å². The maximum absolute atomic E-state index is 12.0. The van der Waals surface area contributed by atoms with Crippen molar-refractivity contribution >= 4 is 6.09 Å². The van der Waals surface area contributed by atoms with E-state index in [1.165, 1.54) is 0 Å². The molecule has 6 nitrogen and oxygen atoms in total. The van der Waals surface area contributed by atoms with E-state index in [1.54, 1.807) is 18.9 Å². The number of hydrogen-bond donors (Lipinski definition) is 0. The van der Waals surface area contributed by atoms with E-state index in [1.807, 2.05) is 34.6 Å². The lowest BCUT2D eigenvalue weighted by Crippen LogP contribution is -2.33. The lowest BCUT2D eigenvalue weighted by molar-refractivity contribution is 0.0240. The fourth-order valence-corrected chi connectivity index (χ4v) is 1.97. The van der Waals surface area contributed by atoms with Crippen molar-refractivity contribution in [2.24, 2.45) is 0 Å². The Morgan fingerprint density at radius 1 is 1.19 bits per heavy atom. The second kappa shape index (κ2) is 6.74. The van der Waals surface area contributed by atoms with Crippen LogP contribution in [0.15, 0.2) is 0 Å². The standard InChI is InChI=1S/C13H19N3O3.C2H6/c1-8-14-10-7-16(12(17)19-13(2,3)4)6-9(10)11(15-8)18-5;1-2/h6-7H2,1-5H3;1-2H3. The van der Waals surface area contributed by atoms with Crippen LogP contribution in [-0.4, -0.2) is 33.7 Å². The highest BCUT2D eigenvalue weighted by molar-refractivity contribution is 5.69. The molecule has 0 atom stereocenters. The van der Waals surface area contributed by atoms with Crippen molar-refractivity contribution in [3.8, 4) is 5.88 Å². The first kappa shape index (κ1) is 17.2. The Labute approximate surface area is 126 Å². The number of carbonyl (C=O) groups is 1. The number of rotatable bonds is 1. The van der Waals surface area contributed by atoms with E-state index < -0.39 is 5.60 Å². The molecule has 1 aromatic rings. The Kier molecular flexibility index (Phi) is 5.52. The van der Waals surface area contributed by atoms with Gasteiger partial charge in [-0.1, -0.05) is 13.8 Å². The van der Waals surface area contributed by atoms with Gasteiger partial charge in [-0.15, -0.1) is 0 Å². The van der Waals surface area contributed by atoms with Gasteiger partial charge in [-0.05, 0) is 27.7 Å². The van der Waals surface area contributed by atoms with E-state index in [0.29, 0.717) is 24.8 Å². The molecule has 1 aliphatic heterocycles. The highest BCUT2D eigenvalue weighted by atomic mass is 16.6. The van der Waals surface area contributed by atoms with Crippen LogP contribution in [0.4, 0.5) is 4.79 Å². The predicted molar refractivity (Wildman–Crippen MR) is 80.2 cm³/mol. The molecule has 118 valence electrons. The SMILES string of the molecule is CC.COc1nc(C)nc2c1CN(C(=O)OC(C)(C)C)C2. The molecule has 0 N–H and O–H groups in total. The summed E-state index contributed by atoms with van der Waals surface area (Å²) in [6, 6.07) is 0. The van der Waals surface area contributed by atoms with E-state index >= 15 is 0 Å². The van der Waals surface area contributed by atoms with Gasteiger partial charge in [0.25, 0.3) is 0 Å². The molecule has 1 amide bonds. The average molecular weight is 295 g/mol. The maximum Gasteiger partial charge on any atom is 0.410 e. The number of amides is 1. The number of ether oxygens (including phenoxy) is 2. The number of methoxy groups -OCH3 is 1. The zero-order valence-corrected chi connectivity index (χ0v) is 14.0. The lowest BCUT2D eigenvalue weighted by atomic mass is 10.2. The Hall–Kier alpha value is -1.85. The van der Waals surface area contributed by atoms with Crippen LogP contribution in [0.3, 0.4) is 0 Å². The normalized spacial score (nSPS) is 13.2. The van der Waals surface area contributed by atoms with Crippen molar-refractivity contribution in [2.45, 2.75) is 60.2 Å². The third-order valence-corrected chi connectivity index (χ3v) is 2.70. The van der Waals surface area contributed by atoms with Gasteiger partial charge in [-0.25, -0.2) is 9.78 Å². The van der Waals surface area contributed by atoms with Gasteiger partial charge in [0.1, 0.15) is 11.4 Å². The molecule has 6 heteroatoms. The second-order valence-corrected chi connectivity index (χ2v) is 5.54. The van der Waals surface area contributed by atoms with Gasteiger partial charge in [0.05, 0.1) is 31.5 Å². The van der Waals surface area contributed by atoms with E-state index in [0.717, 1.165) is 11.3 Å². The van der Waals surface area contributed by atoms with Crippen LogP contribution in [0.2, 0.25) is 0 Å². The average Bonchev–Trinajstić information content (AvgIpc) is 2.82. The van der Waals surface area contributed by atoms with Gasteiger partial charge in [0.15, 0.2) is 0 Å². The molecule has 0 fully saturated rings. The zero-order chi connectivity index (χ0) is 16.2. The van der Waals surface area contributed by atoms with E-state index in [-0.39, 0.29) is 6.09 Å². The molecule has 21 heavy (non-hydrogen) atoms. The largest absolute Gasteiger partial charge is 0.481 e. The van der Waals surface area contributed by atoms with Crippen LogP contribution in [0.1, 0.15) is 51.7 Å². The van der Waals surface area contributed by atoms with Crippen LogP contribution >= 0.6 is 0 Å². The summed E-state index contributed by atoms with van der Waals surface area (Å²) in [5, 5.41) is 0. The summed E-state index contributed by atoms with van der Waals surface area (Å²) in [7, 11) is 1.57. The molecule has 0 spiro atoms. The fourth-order valence-electron chi connectivity index (χ4n) is 1.97. The van der Waals surface area contributed by atoms with E-state index in [4.69, 9.17) is 9.47 Å². The molecule has 0 unspecified atom stereocenters. The number of aromatic nitrogens is 2. The summed E-state index contributed by atoms with van der Waals surface area (Å²) in [6.45, 7) is 12.2. The van der Waals surface area contributed by atoms with Crippen molar-refractivity contribution in [1.82, 2.24) is 14.9 Å². The Morgan fingerprint density at radius 2 is 1.81 bits per heavy atom. The summed E-state index contributed by atoms with van der Waals surface area (Å²) in [5.74, 6) is 1.18. The first-order chi connectivity index (χ1) is 9.80. The van der Waals surface area contributed by atoms with Crippen LogP contribution in [0.25, 0.3) is 0 Å². The van der Waals surface area contributed by atoms with Crippen molar-refractivity contribution in [2.75, 3.05) is 7.11 Å². The Balaban J connectivity index is 0.00000106. The number of nitrogens with zero attached hydrogens (tertiary/aromatic N) is 3. The molecule has 0 saturated heterocycles. The molecular formula is C15H25N3O3. The molecule has 0 aliphatic carbocycles. The van der Waals surface area contributed by atoms with Crippen molar-refractivity contribution in [3.63, 3.8) is 0 Å². The number of hydrogen-bond acceptors (Lipinski definition) is 5. The number of aryl methyl sites for hydroxylation is 1. The summed E-state index contributed by atoms with van der Waals surface area (Å²) in [4.78, 5) is 22.2. The molecule has 0 radical (unpaired) electrons. The van der Waals surface area contributed by atoms with Gasteiger partial charge in [-0.3, -0.25) is 4.90 Å². The smallest absolute Gasteiger partial charge is 0.410 e. The van der Waals surface area contributed by atoms with Crippen LogP contribution in [0.5, 0.6) is 5.88 Å². The minimum absolute atomic E-state index is 0.342. The monoisotopic (exact) mass is 295 g/mol. The van der Waals surface area contributed by atoms with E-state index in [9.17, 15) is 4.79 Å². The maximum atomic E-state index is 12.0. The van der Waals surface area contributed by atoms with Crippen molar-refractivity contribution in [3.05, 3.63) is 17.1 Å². The van der Waals surface area contributed by atoms with Crippen molar-refractivity contribution < 1.29 is 14.3 Å². The minimum Gasteiger partial charge on any atom is -0.481 e. The first-order valence-corrected chi connectivity index (χ1v) is 7.18. The Morgan fingerprint density at radius 3 is 2.33 bits per heavy atom. The second-order valence-electron chi connectivity index (χ2n) is 5.54. The molecule has 1 aromatic heterocycles. The van der Waals surface area contributed by atoms with Crippen molar-refractivity contribution in [1.29, 1.82) is 0 Å². The fraction of sp³-hybridized carbons (Fsp3) is 0.667. The third kappa shape index (κ3) is 4.31. The quantitative estimate of drug-likeness (QED) is 0.796. The summed E-state index contributed by atoms with van der Waals surface area (Å²) < 4.78 is 10.6. The molecular weight excluding hydrogens is 270 g/mol. The molecule has 0 aromatic carbocycles. The minimum atomic E-state index is -0.502. The zero-order valence-electron chi connectivity index (χ0n) is 14.0. The van der Waals surface area contributed by atoms with Gasteiger partial charge in [-0.2, -0.15) is 4.98 Å². The predicted octanol–water partition coefficient (Wildman–Crippen LogP) is 3.07. The van der Waals surface area contributed by atoms with Gasteiger partial charge in [0.2, 0.25) is 5.88 Å². The van der Waals surface area contributed by atoms with Gasteiger partial charge < -0.3 is 9.47 Å².